The average molecular weight is 229 g/mol. The fourth-order valence-electron chi connectivity index (χ4n) is 1.46. The van der Waals surface area contributed by atoms with Crippen molar-refractivity contribution in [3.63, 3.8) is 0 Å². The number of oxime groups is 1. The van der Waals surface area contributed by atoms with Crippen molar-refractivity contribution in [2.75, 3.05) is 0 Å². The molecule has 0 radical (unpaired) electrons. The van der Waals surface area contributed by atoms with E-state index in [0.29, 0.717) is 6.42 Å². The highest BCUT2D eigenvalue weighted by molar-refractivity contribution is 6.06. The van der Waals surface area contributed by atoms with Gasteiger partial charge in [0.1, 0.15) is 5.41 Å². The zero-order valence-corrected chi connectivity index (χ0v) is 10.6. The van der Waals surface area contributed by atoms with E-state index in [-0.39, 0.29) is 17.8 Å². The summed E-state index contributed by atoms with van der Waals surface area (Å²) in [6.07, 6.45) is 2.42. The van der Waals surface area contributed by atoms with Crippen LogP contribution in [-0.4, -0.2) is 23.0 Å². The van der Waals surface area contributed by atoms with Crippen LogP contribution >= 0.6 is 0 Å². The van der Waals surface area contributed by atoms with E-state index in [1.165, 1.54) is 0 Å². The number of amidine groups is 1. The molecule has 0 aromatic rings. The van der Waals surface area contributed by atoms with Gasteiger partial charge in [0.25, 0.3) is 0 Å². The first-order valence-corrected chi connectivity index (χ1v) is 5.71. The molecule has 94 valence electrons. The number of hydrogen-bond acceptors (Lipinski definition) is 3. The van der Waals surface area contributed by atoms with Gasteiger partial charge in [-0.2, -0.15) is 0 Å². The Bertz CT molecular complexity index is 266. The molecule has 0 aliphatic carbocycles. The van der Waals surface area contributed by atoms with Crippen LogP contribution in [0.4, 0.5) is 0 Å². The minimum atomic E-state index is -0.934. The lowest BCUT2D eigenvalue weighted by Crippen LogP contribution is -2.49. The first-order chi connectivity index (χ1) is 7.42. The quantitative estimate of drug-likeness (QED) is 0.279. The summed E-state index contributed by atoms with van der Waals surface area (Å²) in [5.41, 5.74) is 4.62. The number of rotatable bonds is 6. The molecule has 0 saturated heterocycles. The molecule has 1 amide bonds. The van der Waals surface area contributed by atoms with Crippen molar-refractivity contribution in [1.82, 2.24) is 5.32 Å². The monoisotopic (exact) mass is 229 g/mol. The number of nitrogens with zero attached hydrogens (tertiary/aromatic N) is 1. The molecule has 2 unspecified atom stereocenters. The Kier molecular flexibility index (Phi) is 5.85. The van der Waals surface area contributed by atoms with Crippen molar-refractivity contribution in [3.8, 4) is 0 Å². The molecule has 0 aromatic heterocycles. The van der Waals surface area contributed by atoms with Gasteiger partial charge in [-0.25, -0.2) is 0 Å². The van der Waals surface area contributed by atoms with Crippen molar-refractivity contribution in [2.24, 2.45) is 16.3 Å². The summed E-state index contributed by atoms with van der Waals surface area (Å²) in [5.74, 6) is -0.234. The lowest BCUT2D eigenvalue weighted by molar-refractivity contribution is -0.127. The van der Waals surface area contributed by atoms with Gasteiger partial charge in [0, 0.05) is 6.04 Å². The molecule has 5 heteroatoms. The van der Waals surface area contributed by atoms with E-state index in [0.717, 1.165) is 12.8 Å². The van der Waals surface area contributed by atoms with Crippen molar-refractivity contribution < 1.29 is 10.0 Å². The van der Waals surface area contributed by atoms with Crippen LogP contribution in [0.25, 0.3) is 0 Å². The molecule has 0 fully saturated rings. The lowest BCUT2D eigenvalue weighted by Gasteiger charge is -2.27. The van der Waals surface area contributed by atoms with E-state index >= 15 is 0 Å². The summed E-state index contributed by atoms with van der Waals surface area (Å²) < 4.78 is 0. The Hall–Kier alpha value is -1.26. The number of nitrogens with two attached hydrogens (primary N) is 1. The van der Waals surface area contributed by atoms with E-state index in [4.69, 9.17) is 10.9 Å². The maximum atomic E-state index is 12.0. The van der Waals surface area contributed by atoms with Gasteiger partial charge in [0.15, 0.2) is 5.84 Å². The number of nitrogens with one attached hydrogen (secondary N) is 1. The molecule has 0 aliphatic heterocycles. The maximum absolute atomic E-state index is 12.0. The summed E-state index contributed by atoms with van der Waals surface area (Å²) >= 11 is 0. The molecule has 0 rings (SSSR count). The van der Waals surface area contributed by atoms with Crippen molar-refractivity contribution in [2.45, 2.75) is 53.0 Å². The van der Waals surface area contributed by atoms with E-state index in [9.17, 15) is 4.79 Å². The van der Waals surface area contributed by atoms with Crippen LogP contribution in [0.3, 0.4) is 0 Å². The van der Waals surface area contributed by atoms with Crippen LogP contribution in [0, 0.1) is 5.41 Å². The zero-order chi connectivity index (χ0) is 12.8. The molecule has 0 aromatic carbocycles. The van der Waals surface area contributed by atoms with Gasteiger partial charge >= 0.3 is 0 Å². The standard InChI is InChI=1S/C11H23N3O2/c1-5-7-8(3)13-10(15)11(4,6-2)9(12)14-16/h8,16H,5-7H2,1-4H3,(H2,12,14)(H,13,15). The third kappa shape index (κ3) is 3.40. The molecule has 0 bridgehead atoms. The summed E-state index contributed by atoms with van der Waals surface area (Å²) in [4.78, 5) is 12.0. The van der Waals surface area contributed by atoms with Gasteiger partial charge in [0.2, 0.25) is 5.91 Å². The van der Waals surface area contributed by atoms with Crippen LogP contribution < -0.4 is 11.1 Å². The Labute approximate surface area is 97.1 Å². The van der Waals surface area contributed by atoms with Gasteiger partial charge in [-0.1, -0.05) is 25.4 Å². The predicted octanol–water partition coefficient (Wildman–Crippen LogP) is 1.45. The van der Waals surface area contributed by atoms with Crippen LogP contribution in [0.15, 0.2) is 5.16 Å². The van der Waals surface area contributed by atoms with Crippen molar-refractivity contribution in [1.29, 1.82) is 0 Å². The number of carbonyl (C=O) groups is 1. The van der Waals surface area contributed by atoms with Gasteiger partial charge < -0.3 is 16.3 Å². The third-order valence-corrected chi connectivity index (χ3v) is 2.98. The molecule has 4 N–H and O–H groups in total. The largest absolute Gasteiger partial charge is 0.409 e. The highest BCUT2D eigenvalue weighted by Gasteiger charge is 2.36. The first-order valence-electron chi connectivity index (χ1n) is 5.71. The molecule has 0 saturated carbocycles. The third-order valence-electron chi connectivity index (χ3n) is 2.98. The molecular weight excluding hydrogens is 206 g/mol. The van der Waals surface area contributed by atoms with Gasteiger partial charge in [-0.3, -0.25) is 4.79 Å². The zero-order valence-electron chi connectivity index (χ0n) is 10.6. The first kappa shape index (κ1) is 14.7. The summed E-state index contributed by atoms with van der Waals surface area (Å²) in [5, 5.41) is 14.5. The predicted molar refractivity (Wildman–Crippen MR) is 64.3 cm³/mol. The molecule has 0 aliphatic rings. The number of amides is 1. The second kappa shape index (κ2) is 6.35. The smallest absolute Gasteiger partial charge is 0.233 e. The summed E-state index contributed by atoms with van der Waals surface area (Å²) in [6, 6.07) is 0.106. The van der Waals surface area contributed by atoms with E-state index in [1.54, 1.807) is 6.92 Å². The second-order valence-electron chi connectivity index (χ2n) is 4.33. The Morgan fingerprint density at radius 1 is 1.56 bits per heavy atom. The van der Waals surface area contributed by atoms with Crippen LogP contribution in [-0.2, 0) is 4.79 Å². The second-order valence-corrected chi connectivity index (χ2v) is 4.33. The number of carbonyl (C=O) groups excluding carboxylic acids is 1. The molecule has 16 heavy (non-hydrogen) atoms. The fraction of sp³-hybridized carbons (Fsp3) is 0.818. The highest BCUT2D eigenvalue weighted by Crippen LogP contribution is 2.21. The summed E-state index contributed by atoms with van der Waals surface area (Å²) in [7, 11) is 0. The van der Waals surface area contributed by atoms with Crippen molar-refractivity contribution >= 4 is 11.7 Å². The SMILES string of the molecule is CCCC(C)NC(=O)C(C)(CC)C(N)=NO. The molecule has 0 heterocycles. The molecular formula is C11H23N3O2. The van der Waals surface area contributed by atoms with Gasteiger partial charge in [0.05, 0.1) is 0 Å². The Balaban J connectivity index is 4.66. The molecule has 0 spiro atoms. The summed E-state index contributed by atoms with van der Waals surface area (Å²) in [6.45, 7) is 7.52. The topological polar surface area (TPSA) is 87.7 Å². The van der Waals surface area contributed by atoms with Crippen LogP contribution in [0.1, 0.15) is 47.0 Å². The van der Waals surface area contributed by atoms with E-state index in [1.807, 2.05) is 13.8 Å². The minimum Gasteiger partial charge on any atom is -0.409 e. The fourth-order valence-corrected chi connectivity index (χ4v) is 1.46. The molecule has 5 nitrogen and oxygen atoms in total. The maximum Gasteiger partial charge on any atom is 0.233 e. The van der Waals surface area contributed by atoms with E-state index in [2.05, 4.69) is 17.4 Å². The molecule has 2 atom stereocenters. The van der Waals surface area contributed by atoms with E-state index < -0.39 is 5.41 Å². The normalized spacial score (nSPS) is 17.6. The van der Waals surface area contributed by atoms with Crippen LogP contribution in [0.5, 0.6) is 0 Å². The minimum absolute atomic E-state index is 0.0452. The van der Waals surface area contributed by atoms with Gasteiger partial charge in [-0.15, -0.1) is 0 Å². The Morgan fingerprint density at radius 2 is 2.12 bits per heavy atom. The number of hydrogen-bond donors (Lipinski definition) is 3. The Morgan fingerprint density at radius 3 is 2.50 bits per heavy atom. The lowest BCUT2D eigenvalue weighted by atomic mass is 9.85. The average Bonchev–Trinajstić information content (AvgIpc) is 2.26. The van der Waals surface area contributed by atoms with Crippen LogP contribution in [0.2, 0.25) is 0 Å². The van der Waals surface area contributed by atoms with Gasteiger partial charge in [-0.05, 0) is 26.7 Å². The highest BCUT2D eigenvalue weighted by atomic mass is 16.4. The van der Waals surface area contributed by atoms with Crippen molar-refractivity contribution in [3.05, 3.63) is 0 Å².